The van der Waals surface area contributed by atoms with Crippen LogP contribution in [0.5, 0.6) is 11.5 Å². The van der Waals surface area contributed by atoms with Gasteiger partial charge in [0.1, 0.15) is 0 Å². The van der Waals surface area contributed by atoms with E-state index in [-0.39, 0.29) is 7.47 Å². The fourth-order valence-corrected chi connectivity index (χ4v) is 3.13. The predicted molar refractivity (Wildman–Crippen MR) is 124 cm³/mol. The number of aromatic nitrogens is 1. The SMILES string of the molecule is CC.CC(C)(C)O.COc1cc2nccc(CN3CCC(NO)CC3)c2cc1OC.[HH]. The Balaban J connectivity index is 0.000000994. The lowest BCUT2D eigenvalue weighted by Gasteiger charge is -2.31. The number of methoxy groups -OCH3 is 2. The van der Waals surface area contributed by atoms with Gasteiger partial charge in [-0.2, -0.15) is 0 Å². The lowest BCUT2D eigenvalue weighted by molar-refractivity contribution is 0.0807. The van der Waals surface area contributed by atoms with Gasteiger partial charge in [-0.3, -0.25) is 9.88 Å². The molecule has 172 valence electrons. The van der Waals surface area contributed by atoms with Crippen molar-refractivity contribution < 1.29 is 21.2 Å². The number of aliphatic hydroxyl groups is 1. The second-order valence-corrected chi connectivity index (χ2v) is 8.04. The minimum absolute atomic E-state index is 0. The van der Waals surface area contributed by atoms with E-state index in [1.165, 1.54) is 5.56 Å². The fourth-order valence-electron chi connectivity index (χ4n) is 3.13. The molecule has 0 saturated carbocycles. The molecule has 0 amide bonds. The second-order valence-electron chi connectivity index (χ2n) is 8.04. The molecule has 0 bridgehead atoms. The maximum atomic E-state index is 9.01. The quantitative estimate of drug-likeness (QED) is 0.620. The van der Waals surface area contributed by atoms with Crippen molar-refractivity contribution in [1.82, 2.24) is 15.4 Å². The van der Waals surface area contributed by atoms with E-state index in [0.717, 1.165) is 49.1 Å². The Morgan fingerprint density at radius 3 is 2.17 bits per heavy atom. The first-order chi connectivity index (χ1) is 14.2. The van der Waals surface area contributed by atoms with Crippen LogP contribution in [0.15, 0.2) is 24.4 Å². The fraction of sp³-hybridized carbons (Fsp3) is 0.609. The third-order valence-corrected chi connectivity index (χ3v) is 4.50. The molecule has 0 radical (unpaired) electrons. The van der Waals surface area contributed by atoms with Crippen molar-refractivity contribution >= 4 is 10.9 Å². The highest BCUT2D eigenvalue weighted by Gasteiger charge is 2.19. The van der Waals surface area contributed by atoms with Crippen molar-refractivity contribution in [1.29, 1.82) is 0 Å². The van der Waals surface area contributed by atoms with Crippen LogP contribution in [0.1, 0.15) is 54.5 Å². The Labute approximate surface area is 182 Å². The van der Waals surface area contributed by atoms with Crippen molar-refractivity contribution in [3.63, 3.8) is 0 Å². The van der Waals surface area contributed by atoms with Gasteiger partial charge in [0.25, 0.3) is 0 Å². The molecule has 0 atom stereocenters. The van der Waals surface area contributed by atoms with E-state index in [2.05, 4.69) is 21.4 Å². The van der Waals surface area contributed by atoms with Crippen molar-refractivity contribution in [2.75, 3.05) is 27.3 Å². The van der Waals surface area contributed by atoms with Crippen molar-refractivity contribution in [2.45, 2.75) is 65.6 Å². The van der Waals surface area contributed by atoms with E-state index in [1.807, 2.05) is 32.2 Å². The van der Waals surface area contributed by atoms with Crippen LogP contribution in [0.2, 0.25) is 0 Å². The summed E-state index contributed by atoms with van der Waals surface area (Å²) < 4.78 is 10.8. The van der Waals surface area contributed by atoms with E-state index >= 15 is 0 Å². The standard InChI is InChI=1S/C17H23N3O3.C4H10O.C2H6.H2/c1-22-16-9-14-12(3-6-18-15(14)10-17(16)23-2)11-20-7-4-13(19-21)5-8-20;1-4(2,3)5;1-2;/h3,6,9-10,13,19,21H,4-5,7-8,11H2,1-2H3;5H,1-3H3;1-2H3;1H. The van der Waals surface area contributed by atoms with Crippen molar-refractivity contribution in [3.8, 4) is 11.5 Å². The summed E-state index contributed by atoms with van der Waals surface area (Å²) in [4.78, 5) is 6.85. The molecule has 7 heteroatoms. The molecular weight excluding hydrogens is 382 g/mol. The molecule has 0 spiro atoms. The summed E-state index contributed by atoms with van der Waals surface area (Å²) in [6, 6.07) is 6.19. The molecule has 1 saturated heterocycles. The van der Waals surface area contributed by atoms with E-state index in [9.17, 15) is 0 Å². The van der Waals surface area contributed by atoms with Crippen LogP contribution in [0.3, 0.4) is 0 Å². The summed E-state index contributed by atoms with van der Waals surface area (Å²) in [5.74, 6) is 1.41. The highest BCUT2D eigenvalue weighted by Crippen LogP contribution is 2.33. The molecule has 2 heterocycles. The highest BCUT2D eigenvalue weighted by molar-refractivity contribution is 5.85. The van der Waals surface area contributed by atoms with E-state index in [4.69, 9.17) is 19.8 Å². The van der Waals surface area contributed by atoms with Crippen molar-refractivity contribution in [3.05, 3.63) is 30.0 Å². The van der Waals surface area contributed by atoms with Gasteiger partial charge in [0.2, 0.25) is 0 Å². The molecular formula is C23H41N3O4. The van der Waals surface area contributed by atoms with Crippen LogP contribution < -0.4 is 15.0 Å². The number of likely N-dealkylation sites (tertiary alicyclic amines) is 1. The Morgan fingerprint density at radius 1 is 1.13 bits per heavy atom. The molecule has 7 nitrogen and oxygen atoms in total. The predicted octanol–water partition coefficient (Wildman–Crippen LogP) is 4.24. The van der Waals surface area contributed by atoms with Crippen LogP contribution in [-0.4, -0.2) is 59.1 Å². The van der Waals surface area contributed by atoms with Gasteiger partial charge < -0.3 is 19.8 Å². The van der Waals surface area contributed by atoms with Gasteiger partial charge >= 0.3 is 0 Å². The largest absolute Gasteiger partial charge is 0.493 e. The first kappa shape index (κ1) is 26.1. The number of nitrogens with zero attached hydrogens (tertiary/aromatic N) is 2. The van der Waals surface area contributed by atoms with Gasteiger partial charge in [0, 0.05) is 44.8 Å². The number of piperidine rings is 1. The molecule has 1 fully saturated rings. The number of pyridine rings is 1. The number of fused-ring (bicyclic) bond motifs is 1. The number of ether oxygens (including phenoxy) is 2. The minimum Gasteiger partial charge on any atom is -0.493 e. The number of nitrogens with one attached hydrogen (secondary N) is 1. The van der Waals surface area contributed by atoms with Crippen LogP contribution in [0.4, 0.5) is 0 Å². The molecule has 3 N–H and O–H groups in total. The number of hydroxylamine groups is 1. The molecule has 0 aliphatic carbocycles. The van der Waals surface area contributed by atoms with Gasteiger partial charge in [0.05, 0.1) is 25.3 Å². The molecule has 0 unspecified atom stereocenters. The Bertz CT molecular complexity index is 754. The third kappa shape index (κ3) is 8.44. The van der Waals surface area contributed by atoms with Gasteiger partial charge in [-0.1, -0.05) is 13.8 Å². The zero-order valence-corrected chi connectivity index (χ0v) is 19.5. The van der Waals surface area contributed by atoms with E-state index in [1.54, 1.807) is 35.0 Å². The van der Waals surface area contributed by atoms with Crippen LogP contribution in [0.25, 0.3) is 10.9 Å². The number of rotatable bonds is 5. The summed E-state index contributed by atoms with van der Waals surface area (Å²) >= 11 is 0. The van der Waals surface area contributed by atoms with Gasteiger partial charge in [-0.25, -0.2) is 5.48 Å². The average Bonchev–Trinajstić information content (AvgIpc) is 2.73. The zero-order chi connectivity index (χ0) is 22.7. The molecule has 1 aliphatic heterocycles. The third-order valence-electron chi connectivity index (χ3n) is 4.50. The highest BCUT2D eigenvalue weighted by atomic mass is 16.5. The molecule has 3 rings (SSSR count). The number of hydrogen-bond donors (Lipinski definition) is 3. The second kappa shape index (κ2) is 12.7. The zero-order valence-electron chi connectivity index (χ0n) is 19.5. The summed E-state index contributed by atoms with van der Waals surface area (Å²) in [5.41, 5.74) is 4.02. The summed E-state index contributed by atoms with van der Waals surface area (Å²) in [7, 11) is 3.28. The maximum absolute atomic E-state index is 9.01. The summed E-state index contributed by atoms with van der Waals surface area (Å²) in [6.07, 6.45) is 3.75. The number of hydrogen-bond acceptors (Lipinski definition) is 7. The lowest BCUT2D eigenvalue weighted by Crippen LogP contribution is -2.40. The lowest BCUT2D eigenvalue weighted by atomic mass is 10.0. The van der Waals surface area contributed by atoms with Crippen LogP contribution >= 0.6 is 0 Å². The smallest absolute Gasteiger partial charge is 0.162 e. The Morgan fingerprint density at radius 2 is 1.67 bits per heavy atom. The average molecular weight is 424 g/mol. The Kier molecular flexibility index (Phi) is 11.0. The van der Waals surface area contributed by atoms with Crippen molar-refractivity contribution in [2.24, 2.45) is 0 Å². The maximum Gasteiger partial charge on any atom is 0.162 e. The van der Waals surface area contributed by atoms with Gasteiger partial charge in [-0.05, 0) is 51.3 Å². The molecule has 1 aromatic carbocycles. The van der Waals surface area contributed by atoms with E-state index < -0.39 is 5.60 Å². The summed E-state index contributed by atoms with van der Waals surface area (Å²) in [6.45, 7) is 12.0. The van der Waals surface area contributed by atoms with Crippen LogP contribution in [-0.2, 0) is 6.54 Å². The summed E-state index contributed by atoms with van der Waals surface area (Å²) in [5, 5.41) is 18.6. The van der Waals surface area contributed by atoms with E-state index in [0.29, 0.717) is 5.75 Å². The molecule has 30 heavy (non-hydrogen) atoms. The molecule has 1 aliphatic rings. The Hall–Kier alpha value is -1.93. The first-order valence-electron chi connectivity index (χ1n) is 10.6. The van der Waals surface area contributed by atoms with Crippen LogP contribution in [0, 0.1) is 0 Å². The van der Waals surface area contributed by atoms with Gasteiger partial charge in [-0.15, -0.1) is 0 Å². The first-order valence-corrected chi connectivity index (χ1v) is 10.6. The number of benzene rings is 1. The molecule has 2 aromatic rings. The normalized spacial score (nSPS) is 15.0. The minimum atomic E-state index is -0.500. The van der Waals surface area contributed by atoms with Gasteiger partial charge in [0.15, 0.2) is 11.5 Å². The topological polar surface area (TPSA) is 87.1 Å². The monoisotopic (exact) mass is 423 g/mol. The molecule has 1 aromatic heterocycles.